The van der Waals surface area contributed by atoms with Crippen molar-refractivity contribution in [2.75, 3.05) is 55.3 Å². The molecule has 7 nitrogen and oxygen atoms in total. The number of aromatic nitrogens is 2. The van der Waals surface area contributed by atoms with Crippen LogP contribution in [0.4, 0.5) is 17.3 Å². The van der Waals surface area contributed by atoms with Crippen LogP contribution in [0.5, 0.6) is 0 Å². The summed E-state index contributed by atoms with van der Waals surface area (Å²) >= 11 is 0. The number of nitrogens with one attached hydrogen (secondary N) is 2. The van der Waals surface area contributed by atoms with Gasteiger partial charge in [-0.05, 0) is 31.3 Å². The molecule has 0 bridgehead atoms. The van der Waals surface area contributed by atoms with Crippen molar-refractivity contribution in [1.82, 2.24) is 14.9 Å². The molecular weight excluding hydrogens is 328 g/mol. The zero-order chi connectivity index (χ0) is 18.4. The molecule has 0 unspecified atom stereocenters. The average molecular weight is 352 g/mol. The Labute approximate surface area is 153 Å². The maximum absolute atomic E-state index is 12.3. The number of piperazine rings is 1. The van der Waals surface area contributed by atoms with Crippen molar-refractivity contribution in [3.05, 3.63) is 54.9 Å². The third-order valence-corrected chi connectivity index (χ3v) is 4.31. The third-order valence-electron chi connectivity index (χ3n) is 4.31. The first-order valence-electron chi connectivity index (χ1n) is 8.67. The van der Waals surface area contributed by atoms with Crippen LogP contribution in [-0.2, 0) is 0 Å². The summed E-state index contributed by atoms with van der Waals surface area (Å²) in [6.45, 7) is 8.37. The molecule has 1 aliphatic heterocycles. The lowest BCUT2D eigenvalue weighted by Crippen LogP contribution is -2.44. The molecule has 2 aromatic rings. The number of likely N-dealkylation sites (N-methyl/N-ethyl adjacent to an activating group) is 1. The highest BCUT2D eigenvalue weighted by atomic mass is 16.1. The van der Waals surface area contributed by atoms with Gasteiger partial charge in [0, 0.05) is 56.5 Å². The molecule has 1 aliphatic rings. The van der Waals surface area contributed by atoms with Gasteiger partial charge in [-0.25, -0.2) is 9.97 Å². The van der Waals surface area contributed by atoms with E-state index in [4.69, 9.17) is 0 Å². The minimum Gasteiger partial charge on any atom is -0.369 e. The number of anilines is 3. The van der Waals surface area contributed by atoms with Crippen LogP contribution in [0.1, 0.15) is 10.4 Å². The Hall–Kier alpha value is -2.93. The molecule has 2 N–H and O–H groups in total. The summed E-state index contributed by atoms with van der Waals surface area (Å²) in [6, 6.07) is 7.93. The van der Waals surface area contributed by atoms with Gasteiger partial charge in [-0.1, -0.05) is 6.08 Å². The molecule has 0 atom stereocenters. The van der Waals surface area contributed by atoms with Gasteiger partial charge < -0.3 is 20.4 Å². The van der Waals surface area contributed by atoms with Crippen molar-refractivity contribution < 1.29 is 4.79 Å². The molecule has 1 aromatic carbocycles. The van der Waals surface area contributed by atoms with E-state index in [-0.39, 0.29) is 5.91 Å². The van der Waals surface area contributed by atoms with E-state index < -0.39 is 0 Å². The summed E-state index contributed by atoms with van der Waals surface area (Å²) < 4.78 is 0. The molecule has 1 saturated heterocycles. The zero-order valence-corrected chi connectivity index (χ0v) is 15.0. The number of amides is 1. The lowest BCUT2D eigenvalue weighted by molar-refractivity contribution is 0.102. The quantitative estimate of drug-likeness (QED) is 0.776. The molecule has 0 spiro atoms. The van der Waals surface area contributed by atoms with E-state index in [0.717, 1.165) is 31.9 Å². The monoisotopic (exact) mass is 352 g/mol. The van der Waals surface area contributed by atoms with E-state index in [2.05, 4.69) is 44.0 Å². The molecule has 26 heavy (non-hydrogen) atoms. The minimum atomic E-state index is -0.229. The van der Waals surface area contributed by atoms with Gasteiger partial charge in [0.25, 0.3) is 5.91 Å². The summed E-state index contributed by atoms with van der Waals surface area (Å²) in [5, 5.41) is 5.85. The van der Waals surface area contributed by atoms with Crippen molar-refractivity contribution in [1.29, 1.82) is 0 Å². The molecule has 0 aliphatic carbocycles. The fraction of sp³-hybridized carbons (Fsp3) is 0.316. The van der Waals surface area contributed by atoms with E-state index in [0.29, 0.717) is 18.1 Å². The SMILES string of the molecule is C=CCNc1ncc(C(=O)Nc2ccc(N3CCN(C)CC3)cc2)cn1. The predicted octanol–water partition coefficient (Wildman–Crippen LogP) is 2.08. The van der Waals surface area contributed by atoms with Crippen LogP contribution in [0.2, 0.25) is 0 Å². The zero-order valence-electron chi connectivity index (χ0n) is 15.0. The smallest absolute Gasteiger partial charge is 0.258 e. The van der Waals surface area contributed by atoms with Crippen LogP contribution in [-0.4, -0.2) is 60.5 Å². The Morgan fingerprint density at radius 2 is 1.81 bits per heavy atom. The highest BCUT2D eigenvalue weighted by Gasteiger charge is 2.14. The maximum Gasteiger partial charge on any atom is 0.258 e. The van der Waals surface area contributed by atoms with E-state index in [1.165, 1.54) is 18.1 Å². The number of hydrogen-bond acceptors (Lipinski definition) is 6. The van der Waals surface area contributed by atoms with Crippen LogP contribution in [0, 0.1) is 0 Å². The van der Waals surface area contributed by atoms with Gasteiger partial charge in [0.15, 0.2) is 0 Å². The predicted molar refractivity (Wildman–Crippen MR) is 105 cm³/mol. The summed E-state index contributed by atoms with van der Waals surface area (Å²) in [5.74, 6) is 0.241. The first-order chi connectivity index (χ1) is 12.7. The second kappa shape index (κ2) is 8.44. The van der Waals surface area contributed by atoms with Crippen LogP contribution >= 0.6 is 0 Å². The summed E-state index contributed by atoms with van der Waals surface area (Å²) in [6.07, 6.45) is 4.73. The van der Waals surface area contributed by atoms with Gasteiger partial charge in [0.1, 0.15) is 0 Å². The highest BCUT2D eigenvalue weighted by Crippen LogP contribution is 2.19. The molecule has 136 valence electrons. The molecule has 1 fully saturated rings. The van der Waals surface area contributed by atoms with Crippen molar-refractivity contribution in [2.45, 2.75) is 0 Å². The number of nitrogens with zero attached hydrogens (tertiary/aromatic N) is 4. The summed E-state index contributed by atoms with van der Waals surface area (Å²) in [5.41, 5.74) is 2.34. The third kappa shape index (κ3) is 4.58. The number of rotatable bonds is 6. The van der Waals surface area contributed by atoms with Gasteiger partial charge in [-0.15, -0.1) is 6.58 Å². The lowest BCUT2D eigenvalue weighted by atomic mass is 10.2. The van der Waals surface area contributed by atoms with Crippen molar-refractivity contribution in [3.8, 4) is 0 Å². The van der Waals surface area contributed by atoms with E-state index in [1.807, 2.05) is 24.3 Å². The molecule has 1 aromatic heterocycles. The average Bonchev–Trinajstić information content (AvgIpc) is 2.68. The fourth-order valence-electron chi connectivity index (χ4n) is 2.72. The normalized spacial score (nSPS) is 14.7. The van der Waals surface area contributed by atoms with Crippen LogP contribution in [0.3, 0.4) is 0 Å². The number of carbonyl (C=O) groups is 1. The van der Waals surface area contributed by atoms with Crippen molar-refractivity contribution >= 4 is 23.2 Å². The Morgan fingerprint density at radius 3 is 2.42 bits per heavy atom. The van der Waals surface area contributed by atoms with Crippen LogP contribution < -0.4 is 15.5 Å². The Bertz CT molecular complexity index is 736. The minimum absolute atomic E-state index is 0.229. The van der Waals surface area contributed by atoms with Gasteiger partial charge in [-0.2, -0.15) is 0 Å². The summed E-state index contributed by atoms with van der Waals surface area (Å²) in [7, 11) is 2.14. The Kier molecular flexibility index (Phi) is 5.80. The second-order valence-electron chi connectivity index (χ2n) is 6.26. The lowest BCUT2D eigenvalue weighted by Gasteiger charge is -2.34. The van der Waals surface area contributed by atoms with Gasteiger partial charge in [0.2, 0.25) is 5.95 Å². The van der Waals surface area contributed by atoms with E-state index in [1.54, 1.807) is 6.08 Å². The molecule has 3 rings (SSSR count). The first-order valence-corrected chi connectivity index (χ1v) is 8.67. The number of carbonyl (C=O) groups excluding carboxylic acids is 1. The first kappa shape index (κ1) is 17.9. The molecule has 0 saturated carbocycles. The molecular formula is C19H24N6O. The van der Waals surface area contributed by atoms with Gasteiger partial charge in [-0.3, -0.25) is 4.79 Å². The number of hydrogen-bond donors (Lipinski definition) is 2. The molecule has 2 heterocycles. The Balaban J connectivity index is 1.58. The van der Waals surface area contributed by atoms with E-state index in [9.17, 15) is 4.79 Å². The van der Waals surface area contributed by atoms with Crippen molar-refractivity contribution in [3.63, 3.8) is 0 Å². The maximum atomic E-state index is 12.3. The van der Waals surface area contributed by atoms with Gasteiger partial charge >= 0.3 is 0 Å². The standard InChI is InChI=1S/C19H24N6O/c1-3-8-20-19-21-13-15(14-22-19)18(26)23-16-4-6-17(7-5-16)25-11-9-24(2)10-12-25/h3-7,13-14H,1,8-12H2,2H3,(H,23,26)(H,20,21,22). The fourth-order valence-corrected chi connectivity index (χ4v) is 2.72. The molecule has 0 radical (unpaired) electrons. The summed E-state index contributed by atoms with van der Waals surface area (Å²) in [4.78, 5) is 25.2. The Morgan fingerprint density at radius 1 is 1.15 bits per heavy atom. The van der Waals surface area contributed by atoms with Gasteiger partial charge in [0.05, 0.1) is 5.56 Å². The second-order valence-corrected chi connectivity index (χ2v) is 6.26. The number of benzene rings is 1. The molecule has 7 heteroatoms. The van der Waals surface area contributed by atoms with Crippen LogP contribution in [0.25, 0.3) is 0 Å². The van der Waals surface area contributed by atoms with E-state index >= 15 is 0 Å². The topological polar surface area (TPSA) is 73.4 Å². The highest BCUT2D eigenvalue weighted by molar-refractivity contribution is 6.03. The largest absolute Gasteiger partial charge is 0.369 e. The van der Waals surface area contributed by atoms with Crippen LogP contribution in [0.15, 0.2) is 49.3 Å². The van der Waals surface area contributed by atoms with Crippen molar-refractivity contribution in [2.24, 2.45) is 0 Å². The molecule has 1 amide bonds.